The van der Waals surface area contributed by atoms with Crippen molar-refractivity contribution in [2.45, 2.75) is 13.5 Å². The third kappa shape index (κ3) is 4.32. The van der Waals surface area contributed by atoms with Crippen LogP contribution in [0.3, 0.4) is 0 Å². The molecule has 1 radical (unpaired) electrons. The fraction of sp³-hybridized carbons (Fsp3) is 0.222. The van der Waals surface area contributed by atoms with Gasteiger partial charge in [-0.25, -0.2) is 4.79 Å². The van der Waals surface area contributed by atoms with Crippen LogP contribution >= 0.6 is 0 Å². The molecule has 20 heavy (non-hydrogen) atoms. The Labute approximate surface area is 122 Å². The Kier molecular flexibility index (Phi) is 6.13. The van der Waals surface area contributed by atoms with Crippen molar-refractivity contribution < 1.29 is 9.28 Å². The quantitative estimate of drug-likeness (QED) is 0.771. The summed E-state index contributed by atoms with van der Waals surface area (Å²) in [7, 11) is 3.89. The summed E-state index contributed by atoms with van der Waals surface area (Å²) >= 11 is 0. The minimum absolute atomic E-state index is 0.138. The molecule has 2 nitrogen and oxygen atoms in total. The third-order valence-electron chi connectivity index (χ3n) is 2.99. The highest BCUT2D eigenvalue weighted by Gasteiger charge is 2.27. The predicted octanol–water partition coefficient (Wildman–Crippen LogP) is 3.94. The second-order valence-electron chi connectivity index (χ2n) is 5.00. The standard InChI is InChI=1S/C16H18NO.C2H5/c1-17(2,13-14-9-5-3-6-10-14)16(18)15-11-7-4-8-12-15;1-2/h3-12H,13H2,1-2H3;1H2,2H3/q+1;. The van der Waals surface area contributed by atoms with Crippen molar-refractivity contribution >= 4 is 5.91 Å². The fourth-order valence-corrected chi connectivity index (χ4v) is 2.04. The zero-order chi connectivity index (χ0) is 15.0. The molecule has 2 heteroatoms. The summed E-state index contributed by atoms with van der Waals surface area (Å²) in [6.07, 6.45) is 0. The molecule has 0 atom stereocenters. The van der Waals surface area contributed by atoms with Crippen LogP contribution < -0.4 is 0 Å². The van der Waals surface area contributed by atoms with Crippen LogP contribution in [0.15, 0.2) is 60.7 Å². The number of rotatable bonds is 3. The lowest BCUT2D eigenvalue weighted by Gasteiger charge is -2.26. The Hall–Kier alpha value is -1.93. The van der Waals surface area contributed by atoms with E-state index in [0.717, 1.165) is 5.56 Å². The molecule has 2 aromatic rings. The van der Waals surface area contributed by atoms with E-state index in [0.29, 0.717) is 11.0 Å². The number of hydrogen-bond acceptors (Lipinski definition) is 1. The molecule has 2 aromatic carbocycles. The second kappa shape index (κ2) is 7.61. The average Bonchev–Trinajstić information content (AvgIpc) is 2.50. The Morgan fingerprint density at radius 2 is 1.35 bits per heavy atom. The Balaban J connectivity index is 0.000000956. The van der Waals surface area contributed by atoms with Gasteiger partial charge in [0, 0.05) is 5.56 Å². The van der Waals surface area contributed by atoms with Gasteiger partial charge in [0.25, 0.3) is 0 Å². The number of carbonyl (C=O) groups excluding carboxylic acids is 1. The van der Waals surface area contributed by atoms with Crippen LogP contribution in [0.25, 0.3) is 0 Å². The summed E-state index contributed by atoms with van der Waals surface area (Å²) in [5.74, 6) is 0.138. The highest BCUT2D eigenvalue weighted by Crippen LogP contribution is 2.14. The summed E-state index contributed by atoms with van der Waals surface area (Å²) in [4.78, 5) is 12.4. The largest absolute Gasteiger partial charge is 0.345 e. The van der Waals surface area contributed by atoms with Gasteiger partial charge in [0.05, 0.1) is 19.7 Å². The maximum absolute atomic E-state index is 12.4. The van der Waals surface area contributed by atoms with E-state index >= 15 is 0 Å². The topological polar surface area (TPSA) is 17.1 Å². The molecular formula is C18H23NO+. The molecular weight excluding hydrogens is 246 g/mol. The van der Waals surface area contributed by atoms with Crippen molar-refractivity contribution in [3.8, 4) is 0 Å². The van der Waals surface area contributed by atoms with Gasteiger partial charge in [0.2, 0.25) is 0 Å². The van der Waals surface area contributed by atoms with Gasteiger partial charge in [-0.15, -0.1) is 0 Å². The number of nitrogens with zero attached hydrogens (tertiary/aromatic N) is 1. The first-order valence-electron chi connectivity index (χ1n) is 6.77. The zero-order valence-electron chi connectivity index (χ0n) is 12.5. The van der Waals surface area contributed by atoms with Crippen LogP contribution in [-0.4, -0.2) is 24.5 Å². The first-order valence-corrected chi connectivity index (χ1v) is 6.77. The first-order chi connectivity index (χ1) is 9.59. The molecule has 1 amide bonds. The Bertz CT molecular complexity index is 518. The first kappa shape index (κ1) is 16.1. The minimum atomic E-state index is 0.138. The van der Waals surface area contributed by atoms with E-state index < -0.39 is 0 Å². The molecule has 0 aliphatic heterocycles. The Morgan fingerprint density at radius 1 is 0.900 bits per heavy atom. The van der Waals surface area contributed by atoms with Gasteiger partial charge < -0.3 is 0 Å². The summed E-state index contributed by atoms with van der Waals surface area (Å²) < 4.78 is 0.327. The SMILES string of the molecule is C[N+](C)(Cc1ccccc1)C(=O)c1ccccc1.[CH2]C. The molecule has 0 saturated heterocycles. The number of carbonyl (C=O) groups is 1. The van der Waals surface area contributed by atoms with E-state index in [-0.39, 0.29) is 5.91 Å². The van der Waals surface area contributed by atoms with Crippen LogP contribution in [0.4, 0.5) is 0 Å². The van der Waals surface area contributed by atoms with Crippen molar-refractivity contribution in [1.29, 1.82) is 0 Å². The van der Waals surface area contributed by atoms with Gasteiger partial charge in [-0.2, -0.15) is 0 Å². The summed E-state index contributed by atoms with van der Waals surface area (Å²) in [6.45, 7) is 5.70. The molecule has 0 aromatic heterocycles. The van der Waals surface area contributed by atoms with Crippen molar-refractivity contribution in [2.24, 2.45) is 0 Å². The molecule has 0 bridgehead atoms. The predicted molar refractivity (Wildman–Crippen MR) is 84.1 cm³/mol. The van der Waals surface area contributed by atoms with Gasteiger partial charge in [0.15, 0.2) is 0 Å². The van der Waals surface area contributed by atoms with E-state index in [9.17, 15) is 4.79 Å². The fourth-order valence-electron chi connectivity index (χ4n) is 2.04. The molecule has 0 heterocycles. The van der Waals surface area contributed by atoms with Crippen LogP contribution in [-0.2, 0) is 6.54 Å². The van der Waals surface area contributed by atoms with Crippen LogP contribution in [0, 0.1) is 6.92 Å². The number of hydrogen-bond donors (Lipinski definition) is 0. The highest BCUT2D eigenvalue weighted by molar-refractivity contribution is 5.88. The summed E-state index contributed by atoms with van der Waals surface area (Å²) in [5, 5.41) is 0. The second-order valence-corrected chi connectivity index (χ2v) is 5.00. The van der Waals surface area contributed by atoms with Crippen LogP contribution in [0.2, 0.25) is 0 Å². The van der Waals surface area contributed by atoms with Gasteiger partial charge in [-0.1, -0.05) is 62.4 Å². The number of amides is 1. The molecule has 0 unspecified atom stereocenters. The zero-order valence-corrected chi connectivity index (χ0v) is 12.5. The highest BCUT2D eigenvalue weighted by atomic mass is 16.2. The van der Waals surface area contributed by atoms with Crippen molar-refractivity contribution in [1.82, 2.24) is 0 Å². The molecule has 105 valence electrons. The van der Waals surface area contributed by atoms with E-state index in [1.165, 1.54) is 5.56 Å². The minimum Gasteiger partial charge on any atom is -0.257 e. The normalized spacial score (nSPS) is 10.4. The van der Waals surface area contributed by atoms with E-state index in [2.05, 4.69) is 19.1 Å². The monoisotopic (exact) mass is 269 g/mol. The number of quaternary nitrogens is 1. The molecule has 0 fully saturated rings. The lowest BCUT2D eigenvalue weighted by atomic mass is 10.1. The lowest BCUT2D eigenvalue weighted by molar-refractivity contribution is -0.821. The molecule has 2 rings (SSSR count). The van der Waals surface area contributed by atoms with Crippen molar-refractivity contribution in [2.75, 3.05) is 14.1 Å². The molecule has 0 saturated carbocycles. The maximum Gasteiger partial charge on any atom is 0.345 e. The van der Waals surface area contributed by atoms with E-state index in [1.54, 1.807) is 6.92 Å². The van der Waals surface area contributed by atoms with Crippen LogP contribution in [0.5, 0.6) is 0 Å². The Morgan fingerprint density at radius 3 is 1.85 bits per heavy atom. The molecule has 0 spiro atoms. The van der Waals surface area contributed by atoms with Crippen LogP contribution in [0.1, 0.15) is 22.8 Å². The maximum atomic E-state index is 12.4. The lowest BCUT2D eigenvalue weighted by Crippen LogP contribution is -2.44. The third-order valence-corrected chi connectivity index (χ3v) is 2.99. The molecule has 0 aliphatic rings. The molecule has 0 N–H and O–H groups in total. The number of benzene rings is 2. The van der Waals surface area contributed by atoms with Crippen molar-refractivity contribution in [3.05, 3.63) is 78.7 Å². The summed E-state index contributed by atoms with van der Waals surface area (Å²) in [6, 6.07) is 19.6. The van der Waals surface area contributed by atoms with Gasteiger partial charge in [-0.05, 0) is 12.1 Å². The van der Waals surface area contributed by atoms with Gasteiger partial charge in [-0.3, -0.25) is 4.48 Å². The molecule has 0 aliphatic carbocycles. The van der Waals surface area contributed by atoms with E-state index in [4.69, 9.17) is 0 Å². The van der Waals surface area contributed by atoms with Crippen molar-refractivity contribution in [3.63, 3.8) is 0 Å². The van der Waals surface area contributed by atoms with Gasteiger partial charge in [0.1, 0.15) is 6.54 Å². The van der Waals surface area contributed by atoms with E-state index in [1.807, 2.05) is 62.6 Å². The smallest absolute Gasteiger partial charge is 0.257 e. The average molecular weight is 269 g/mol. The van der Waals surface area contributed by atoms with Gasteiger partial charge >= 0.3 is 5.91 Å². The summed E-state index contributed by atoms with van der Waals surface area (Å²) in [5.41, 5.74) is 1.94.